The van der Waals surface area contributed by atoms with Crippen LogP contribution >= 0.6 is 0 Å². The highest BCUT2D eigenvalue weighted by Crippen LogP contribution is 2.17. The van der Waals surface area contributed by atoms with Crippen LogP contribution in [-0.2, 0) is 4.79 Å². The van der Waals surface area contributed by atoms with Crippen molar-refractivity contribution in [2.45, 2.75) is 19.4 Å². The molecule has 1 N–H and O–H groups in total. The van der Waals surface area contributed by atoms with Crippen molar-refractivity contribution in [3.05, 3.63) is 18.2 Å². The second-order valence-corrected chi connectivity index (χ2v) is 3.62. The number of carbonyl (C=O) groups is 1. The van der Waals surface area contributed by atoms with Crippen LogP contribution in [0.25, 0.3) is 0 Å². The Morgan fingerprint density at radius 1 is 1.47 bits per heavy atom. The Morgan fingerprint density at radius 3 is 2.33 bits per heavy atom. The van der Waals surface area contributed by atoms with Gasteiger partial charge in [0.2, 0.25) is 5.95 Å². The fourth-order valence-corrected chi connectivity index (χ4v) is 0.872. The summed E-state index contributed by atoms with van der Waals surface area (Å²) >= 11 is 0. The maximum absolute atomic E-state index is 12.5. The molecule has 82 valence electrons. The van der Waals surface area contributed by atoms with E-state index in [4.69, 9.17) is 5.11 Å². The molecule has 0 aliphatic heterocycles. The number of anilines is 1. The predicted octanol–water partition coefficient (Wildman–Crippen LogP) is 0.915. The third kappa shape index (κ3) is 2.20. The molecule has 1 rings (SSSR count). The SMILES string of the molecule is CN(c1ncc(F)cn1)C(C)(C)C(=O)O. The van der Waals surface area contributed by atoms with E-state index in [9.17, 15) is 9.18 Å². The Morgan fingerprint density at radius 2 is 1.93 bits per heavy atom. The van der Waals surface area contributed by atoms with Crippen molar-refractivity contribution >= 4 is 11.9 Å². The molecule has 0 aliphatic carbocycles. The zero-order valence-electron chi connectivity index (χ0n) is 8.73. The first-order chi connectivity index (χ1) is 6.85. The molecule has 0 saturated heterocycles. The maximum Gasteiger partial charge on any atom is 0.329 e. The van der Waals surface area contributed by atoms with Crippen molar-refractivity contribution in [2.24, 2.45) is 0 Å². The van der Waals surface area contributed by atoms with Crippen LogP contribution in [0, 0.1) is 5.82 Å². The highest BCUT2D eigenvalue weighted by Gasteiger charge is 2.33. The number of hydrogen-bond acceptors (Lipinski definition) is 4. The summed E-state index contributed by atoms with van der Waals surface area (Å²) in [6.45, 7) is 3.03. The lowest BCUT2D eigenvalue weighted by atomic mass is 10.1. The number of aliphatic carboxylic acids is 1. The second kappa shape index (κ2) is 3.80. The molecule has 0 spiro atoms. The average molecular weight is 213 g/mol. The number of nitrogens with zero attached hydrogens (tertiary/aromatic N) is 3. The standard InChI is InChI=1S/C9H12FN3O2/c1-9(2,7(14)15)13(3)8-11-4-6(10)5-12-8/h4-5H,1-3H3,(H,14,15). The molecule has 0 aromatic carbocycles. The normalized spacial score (nSPS) is 11.2. The lowest BCUT2D eigenvalue weighted by Gasteiger charge is -2.31. The quantitative estimate of drug-likeness (QED) is 0.808. The smallest absolute Gasteiger partial charge is 0.329 e. The minimum atomic E-state index is -1.14. The molecule has 15 heavy (non-hydrogen) atoms. The summed E-state index contributed by atoms with van der Waals surface area (Å²) in [5.74, 6) is -1.39. The van der Waals surface area contributed by atoms with Gasteiger partial charge in [-0.1, -0.05) is 0 Å². The molecule has 0 fully saturated rings. The molecule has 0 saturated carbocycles. The number of carboxylic acid groups (broad SMARTS) is 1. The first kappa shape index (κ1) is 11.4. The second-order valence-electron chi connectivity index (χ2n) is 3.62. The maximum atomic E-state index is 12.5. The van der Waals surface area contributed by atoms with Crippen LogP contribution < -0.4 is 4.90 Å². The highest BCUT2D eigenvalue weighted by atomic mass is 19.1. The molecule has 0 radical (unpaired) electrons. The largest absolute Gasteiger partial charge is 0.480 e. The van der Waals surface area contributed by atoms with Crippen LogP contribution in [0.4, 0.5) is 10.3 Å². The number of likely N-dealkylation sites (N-methyl/N-ethyl adjacent to an activating group) is 1. The van der Waals surface area contributed by atoms with Crippen LogP contribution in [0.1, 0.15) is 13.8 Å². The molecule has 0 atom stereocenters. The summed E-state index contributed by atoms with van der Waals surface area (Å²) in [5.41, 5.74) is -1.14. The third-order valence-corrected chi connectivity index (χ3v) is 2.27. The Balaban J connectivity index is 2.99. The summed E-state index contributed by atoms with van der Waals surface area (Å²) in [6.07, 6.45) is 1.99. The van der Waals surface area contributed by atoms with Gasteiger partial charge in [0, 0.05) is 7.05 Å². The number of rotatable bonds is 3. The highest BCUT2D eigenvalue weighted by molar-refractivity contribution is 5.81. The molecule has 0 bridgehead atoms. The number of halogens is 1. The van der Waals surface area contributed by atoms with Gasteiger partial charge in [-0.25, -0.2) is 19.2 Å². The van der Waals surface area contributed by atoms with Crippen molar-refractivity contribution in [1.29, 1.82) is 0 Å². The molecule has 1 heterocycles. The van der Waals surface area contributed by atoms with E-state index in [1.165, 1.54) is 18.7 Å². The molecule has 5 nitrogen and oxygen atoms in total. The van der Waals surface area contributed by atoms with Gasteiger partial charge in [-0.2, -0.15) is 0 Å². The Labute approximate surface area is 86.6 Å². The van der Waals surface area contributed by atoms with Crippen LogP contribution in [0.15, 0.2) is 12.4 Å². The first-order valence-corrected chi connectivity index (χ1v) is 4.30. The molecule has 6 heteroatoms. The lowest BCUT2D eigenvalue weighted by Crippen LogP contribution is -2.48. The van der Waals surface area contributed by atoms with Crippen LogP contribution in [0.3, 0.4) is 0 Å². The zero-order valence-corrected chi connectivity index (χ0v) is 8.73. The molecule has 0 unspecified atom stereocenters. The van der Waals surface area contributed by atoms with E-state index in [-0.39, 0.29) is 5.95 Å². The van der Waals surface area contributed by atoms with E-state index in [1.807, 2.05) is 0 Å². The predicted molar refractivity (Wildman–Crippen MR) is 52.1 cm³/mol. The summed E-state index contributed by atoms with van der Waals surface area (Å²) in [4.78, 5) is 19.7. The minimum Gasteiger partial charge on any atom is -0.480 e. The first-order valence-electron chi connectivity index (χ1n) is 4.30. The minimum absolute atomic E-state index is 0.170. The summed E-state index contributed by atoms with van der Waals surface area (Å²) in [5, 5.41) is 8.96. The average Bonchev–Trinajstić information content (AvgIpc) is 2.17. The van der Waals surface area contributed by atoms with Gasteiger partial charge in [-0.15, -0.1) is 0 Å². The van der Waals surface area contributed by atoms with Gasteiger partial charge >= 0.3 is 5.97 Å². The van der Waals surface area contributed by atoms with E-state index in [1.54, 1.807) is 7.05 Å². The van der Waals surface area contributed by atoms with Crippen LogP contribution in [0.5, 0.6) is 0 Å². The topological polar surface area (TPSA) is 66.3 Å². The van der Waals surface area contributed by atoms with Crippen molar-refractivity contribution in [3.63, 3.8) is 0 Å². The van der Waals surface area contributed by atoms with Crippen molar-refractivity contribution < 1.29 is 14.3 Å². The monoisotopic (exact) mass is 213 g/mol. The van der Waals surface area contributed by atoms with Crippen LogP contribution in [0.2, 0.25) is 0 Å². The molecular formula is C9H12FN3O2. The van der Waals surface area contributed by atoms with Gasteiger partial charge in [0.25, 0.3) is 0 Å². The molecular weight excluding hydrogens is 201 g/mol. The summed E-state index contributed by atoms with van der Waals surface area (Å²) < 4.78 is 12.5. The Kier molecular flexibility index (Phi) is 2.88. The molecule has 1 aromatic heterocycles. The third-order valence-electron chi connectivity index (χ3n) is 2.27. The number of carboxylic acids is 1. The van der Waals surface area contributed by atoms with Gasteiger partial charge < -0.3 is 10.0 Å². The van der Waals surface area contributed by atoms with Gasteiger partial charge in [-0.3, -0.25) is 0 Å². The van der Waals surface area contributed by atoms with Gasteiger partial charge in [-0.05, 0) is 13.8 Å². The van der Waals surface area contributed by atoms with Crippen LogP contribution in [-0.4, -0.2) is 33.6 Å². The summed E-state index contributed by atoms with van der Waals surface area (Å²) in [7, 11) is 1.54. The van der Waals surface area contributed by atoms with E-state index >= 15 is 0 Å². The fraction of sp³-hybridized carbons (Fsp3) is 0.444. The molecule has 0 amide bonds. The van der Waals surface area contributed by atoms with Crippen molar-refractivity contribution in [2.75, 3.05) is 11.9 Å². The van der Waals surface area contributed by atoms with Gasteiger partial charge in [0.15, 0.2) is 5.82 Å². The summed E-state index contributed by atoms with van der Waals surface area (Å²) in [6, 6.07) is 0. The van der Waals surface area contributed by atoms with Gasteiger partial charge in [0.05, 0.1) is 12.4 Å². The van der Waals surface area contributed by atoms with Crippen molar-refractivity contribution in [3.8, 4) is 0 Å². The Bertz CT molecular complexity index is 364. The Hall–Kier alpha value is -1.72. The zero-order chi connectivity index (χ0) is 11.6. The molecule has 0 aliphatic rings. The fourth-order valence-electron chi connectivity index (χ4n) is 0.872. The number of aromatic nitrogens is 2. The van der Waals surface area contributed by atoms with E-state index in [2.05, 4.69) is 9.97 Å². The van der Waals surface area contributed by atoms with Crippen molar-refractivity contribution in [1.82, 2.24) is 9.97 Å². The lowest BCUT2D eigenvalue weighted by molar-refractivity contribution is -0.142. The molecule has 1 aromatic rings. The van der Waals surface area contributed by atoms with E-state index < -0.39 is 17.3 Å². The van der Waals surface area contributed by atoms with E-state index in [0.29, 0.717) is 0 Å². The van der Waals surface area contributed by atoms with Gasteiger partial charge in [0.1, 0.15) is 5.54 Å². The number of hydrogen-bond donors (Lipinski definition) is 1. The van der Waals surface area contributed by atoms with E-state index in [0.717, 1.165) is 12.4 Å².